The second-order valence-electron chi connectivity index (χ2n) is 14.8. The van der Waals surface area contributed by atoms with Crippen molar-refractivity contribution in [3.05, 3.63) is 35.4 Å². The number of rotatable bonds is 21. The molecule has 2 aliphatic heterocycles. The number of hydrogen-bond acceptors (Lipinski definition) is 10. The molecule has 5 atom stereocenters. The van der Waals surface area contributed by atoms with Gasteiger partial charge in [0, 0.05) is 61.7 Å². The molecular weight excluding hydrogens is 703 g/mol. The van der Waals surface area contributed by atoms with Gasteiger partial charge in [0.1, 0.15) is 0 Å². The Morgan fingerprint density at radius 3 is 2.38 bits per heavy atom. The third kappa shape index (κ3) is 13.0. The number of nitrogens with one attached hydrogen (secondary N) is 3. The van der Waals surface area contributed by atoms with E-state index >= 15 is 0 Å². The number of unbranched alkanes of at least 4 members (excludes halogenated alkanes) is 1. The highest BCUT2D eigenvalue weighted by Crippen LogP contribution is 2.45. The van der Waals surface area contributed by atoms with Gasteiger partial charge in [-0.2, -0.15) is 11.8 Å². The fraction of sp³-hybridized carbons (Fsp3) is 0.703. The number of benzene rings is 1. The van der Waals surface area contributed by atoms with Crippen molar-refractivity contribution >= 4 is 50.4 Å². The molecule has 0 spiro atoms. The van der Waals surface area contributed by atoms with Gasteiger partial charge in [0.15, 0.2) is 6.40 Å². The lowest BCUT2D eigenvalue weighted by molar-refractivity contribution is -0.123. The van der Waals surface area contributed by atoms with Gasteiger partial charge in [0.25, 0.3) is 5.91 Å². The van der Waals surface area contributed by atoms with Gasteiger partial charge in [0.05, 0.1) is 31.3 Å². The lowest BCUT2D eigenvalue weighted by Gasteiger charge is -2.35. The van der Waals surface area contributed by atoms with Crippen molar-refractivity contribution in [2.24, 2.45) is 4.99 Å². The molecule has 0 saturated carbocycles. The number of carbonyl (C=O) groups excluding carboxylic acids is 4. The first kappa shape index (κ1) is 43.6. The number of hydrogen-bond donors (Lipinski definition) is 3. The minimum Gasteiger partial charge on any atom is -0.425 e. The van der Waals surface area contributed by atoms with Crippen LogP contribution in [-0.2, 0) is 28.8 Å². The molecule has 2 heterocycles. The van der Waals surface area contributed by atoms with Crippen LogP contribution >= 0.6 is 20.3 Å². The summed E-state index contributed by atoms with van der Waals surface area (Å²) in [7, 11) is 0.117. The minimum absolute atomic E-state index is 0.0236. The minimum atomic E-state index is -1.45. The normalized spacial score (nSPS) is 20.0. The molecule has 5 unspecified atom stereocenters. The second-order valence-corrected chi connectivity index (χ2v) is 17.5. The Bertz CT molecular complexity index is 1330. The summed E-state index contributed by atoms with van der Waals surface area (Å²) in [5.41, 5.74) is 1.62. The van der Waals surface area contributed by atoms with Crippen molar-refractivity contribution in [2.45, 2.75) is 128 Å². The maximum absolute atomic E-state index is 13.3. The van der Waals surface area contributed by atoms with Gasteiger partial charge >= 0.3 is 14.6 Å². The van der Waals surface area contributed by atoms with Crippen molar-refractivity contribution in [3.8, 4) is 0 Å². The number of amides is 5. The number of fused-ring (bicyclic) bond motifs is 1. The molecule has 15 heteroatoms. The molecule has 1 aromatic rings. The van der Waals surface area contributed by atoms with Crippen molar-refractivity contribution < 1.29 is 33.0 Å². The topological polar surface area (TPSA) is 151 Å². The average molecular weight is 765 g/mol. The molecule has 13 nitrogen and oxygen atoms in total. The van der Waals surface area contributed by atoms with Gasteiger partial charge < -0.3 is 29.7 Å². The van der Waals surface area contributed by atoms with Crippen LogP contribution in [0.15, 0.2) is 29.3 Å². The Kier molecular flexibility index (Phi) is 17.8. The average Bonchev–Trinajstić information content (AvgIpc) is 3.61. The summed E-state index contributed by atoms with van der Waals surface area (Å²) < 4.78 is 19.5. The molecular formula is C37H61N6O7PS. The van der Waals surface area contributed by atoms with Crippen LogP contribution in [0.1, 0.15) is 103 Å². The zero-order valence-corrected chi connectivity index (χ0v) is 34.2. The number of ether oxygens (including phenoxy) is 1. The van der Waals surface area contributed by atoms with Crippen molar-refractivity contribution in [1.82, 2.24) is 25.5 Å². The highest BCUT2D eigenvalue weighted by molar-refractivity contribution is 8.00. The van der Waals surface area contributed by atoms with Gasteiger partial charge in [-0.1, -0.05) is 39.3 Å². The Balaban J connectivity index is 1.37. The smallest absolute Gasteiger partial charge is 0.325 e. The summed E-state index contributed by atoms with van der Waals surface area (Å²) >= 11 is 1.77. The van der Waals surface area contributed by atoms with Crippen LogP contribution in [0, 0.1) is 0 Å². The number of nitrogens with zero attached hydrogens (tertiary/aromatic N) is 3. The first-order valence-corrected chi connectivity index (χ1v) is 20.6. The highest BCUT2D eigenvalue weighted by atomic mass is 32.2. The molecule has 3 rings (SSSR count). The molecule has 1 aromatic carbocycles. The van der Waals surface area contributed by atoms with Gasteiger partial charge in [-0.05, 0) is 70.6 Å². The van der Waals surface area contributed by atoms with Crippen LogP contribution in [-0.4, -0.2) is 114 Å². The van der Waals surface area contributed by atoms with E-state index in [2.05, 4.69) is 74.1 Å². The molecule has 2 saturated heterocycles. The van der Waals surface area contributed by atoms with Crippen LogP contribution in [0.3, 0.4) is 0 Å². The lowest BCUT2D eigenvalue weighted by atomic mass is 9.86. The van der Waals surface area contributed by atoms with Crippen molar-refractivity contribution in [1.29, 1.82) is 0 Å². The molecule has 0 radical (unpaired) electrons. The number of imide groups is 1. The number of thioether (sulfide) groups is 1. The monoisotopic (exact) mass is 764 g/mol. The zero-order valence-electron chi connectivity index (χ0n) is 32.5. The summed E-state index contributed by atoms with van der Waals surface area (Å²) in [4.78, 5) is 57.1. The van der Waals surface area contributed by atoms with Crippen LogP contribution in [0.4, 0.5) is 4.79 Å². The number of methoxy groups -OCH3 is 1. The largest absolute Gasteiger partial charge is 0.425 e. The Labute approximate surface area is 316 Å². The van der Waals surface area contributed by atoms with E-state index in [1.807, 2.05) is 19.1 Å². The Morgan fingerprint density at radius 1 is 1.08 bits per heavy atom. The summed E-state index contributed by atoms with van der Waals surface area (Å²) in [5.74, 6) is 0.103. The lowest BCUT2D eigenvalue weighted by Crippen LogP contribution is -2.43. The standard InChI is InChI=1S/C37H61N6O7PS/c1-10-38-24-50-51(43(25(2)3)26(4)5)49-22-29(21-48-9)40-33(45)19-20-39-32(44)14-12-11-13-31-34-30(23-52-31)42(36(47)41-34)35(46)27-15-17-28(18-16-27)37(6,7)8/h15-18,24-26,29-31,34H,10-14,19-23H2,1-9H3,(H,39,44)(H,40,45)(H,41,47). The summed E-state index contributed by atoms with van der Waals surface area (Å²) in [6, 6.07) is 6.85. The van der Waals surface area contributed by atoms with E-state index in [-0.39, 0.29) is 84.8 Å². The molecule has 2 fully saturated rings. The molecule has 52 heavy (non-hydrogen) atoms. The van der Waals surface area contributed by atoms with Crippen LogP contribution < -0.4 is 16.0 Å². The first-order valence-electron chi connectivity index (χ1n) is 18.4. The zero-order chi connectivity index (χ0) is 38.4. The maximum Gasteiger partial charge on any atom is 0.325 e. The van der Waals surface area contributed by atoms with Gasteiger partial charge in [0.2, 0.25) is 11.8 Å². The molecule has 0 bridgehead atoms. The van der Waals surface area contributed by atoms with Gasteiger partial charge in [-0.15, -0.1) is 0 Å². The third-order valence-electron chi connectivity index (χ3n) is 8.93. The van der Waals surface area contributed by atoms with E-state index in [0.717, 1.165) is 18.4 Å². The fourth-order valence-electron chi connectivity index (χ4n) is 6.32. The molecule has 292 valence electrons. The first-order chi connectivity index (χ1) is 24.7. The van der Waals surface area contributed by atoms with E-state index in [9.17, 15) is 19.2 Å². The summed E-state index contributed by atoms with van der Waals surface area (Å²) in [5, 5.41) is 9.02. The quantitative estimate of drug-likeness (QED) is 0.0476. The Morgan fingerprint density at radius 2 is 1.77 bits per heavy atom. The second kappa shape index (κ2) is 21.2. The molecule has 5 amide bonds. The highest BCUT2D eigenvalue weighted by Gasteiger charge is 2.50. The number of carbonyl (C=O) groups is 4. The molecule has 0 aromatic heterocycles. The molecule has 3 N–H and O–H groups in total. The predicted octanol–water partition coefficient (Wildman–Crippen LogP) is 5.63. The Hall–Kier alpha value is -2.77. The van der Waals surface area contributed by atoms with Crippen LogP contribution in [0.5, 0.6) is 0 Å². The van der Waals surface area contributed by atoms with E-state index in [0.29, 0.717) is 30.7 Å². The van der Waals surface area contributed by atoms with E-state index in [4.69, 9.17) is 13.8 Å². The van der Waals surface area contributed by atoms with Gasteiger partial charge in [-0.25, -0.2) is 9.46 Å². The number of urea groups is 1. The van der Waals surface area contributed by atoms with Crippen molar-refractivity contribution in [2.75, 3.05) is 39.2 Å². The number of aliphatic imine (C=N–C) groups is 1. The fourth-order valence-corrected chi connectivity index (χ4v) is 9.42. The van der Waals surface area contributed by atoms with Crippen LogP contribution in [0.2, 0.25) is 0 Å². The van der Waals surface area contributed by atoms with Crippen LogP contribution in [0.25, 0.3) is 0 Å². The summed E-state index contributed by atoms with van der Waals surface area (Å²) in [6.45, 7) is 17.9. The maximum atomic E-state index is 13.3. The van der Waals surface area contributed by atoms with E-state index < -0.39 is 14.6 Å². The molecule has 2 aliphatic rings. The third-order valence-corrected chi connectivity index (χ3v) is 12.4. The van der Waals surface area contributed by atoms with E-state index in [1.54, 1.807) is 31.0 Å². The van der Waals surface area contributed by atoms with Crippen molar-refractivity contribution in [3.63, 3.8) is 0 Å². The summed E-state index contributed by atoms with van der Waals surface area (Å²) in [6.07, 6.45) is 4.24. The molecule has 0 aliphatic carbocycles. The predicted molar refractivity (Wildman–Crippen MR) is 209 cm³/mol. The van der Waals surface area contributed by atoms with Gasteiger partial charge in [-0.3, -0.25) is 24.3 Å². The van der Waals surface area contributed by atoms with E-state index in [1.165, 1.54) is 11.3 Å². The SMILES string of the molecule is CCN=COP(OCC(COC)NC(=O)CCNC(=O)CCCCC1SCC2C1NC(=O)N2C(=O)c1ccc(C(C)(C)C)cc1)N(C(C)C)C(C)C.